The lowest BCUT2D eigenvalue weighted by Crippen LogP contribution is -2.60. The molecule has 1 aromatic rings. The molecule has 0 aliphatic rings. The third-order valence-electron chi connectivity index (χ3n) is 5.79. The van der Waals surface area contributed by atoms with Crippen molar-refractivity contribution in [1.82, 2.24) is 16.0 Å². The second-order valence-corrected chi connectivity index (χ2v) is 8.80. The van der Waals surface area contributed by atoms with E-state index in [9.17, 15) is 34.2 Å². The number of nitrogens with one attached hydrogen (secondary N) is 3. The number of rotatable bonds is 15. The largest absolute Gasteiger partial charge is 0.480 e. The maximum atomic E-state index is 13.2. The number of benzene rings is 1. The Labute approximate surface area is 210 Å². The van der Waals surface area contributed by atoms with Crippen LogP contribution in [0.1, 0.15) is 45.6 Å². The fourth-order valence-corrected chi connectivity index (χ4v) is 3.35. The number of hydrogen-bond donors (Lipinski definition) is 7. The number of carboxylic acid groups (broad SMARTS) is 1. The van der Waals surface area contributed by atoms with E-state index in [-0.39, 0.29) is 19.3 Å². The second-order valence-electron chi connectivity index (χ2n) is 8.80. The maximum absolute atomic E-state index is 13.2. The first-order valence-electron chi connectivity index (χ1n) is 11.8. The monoisotopic (exact) mass is 507 g/mol. The van der Waals surface area contributed by atoms with Crippen molar-refractivity contribution in [3.05, 3.63) is 35.9 Å². The summed E-state index contributed by atoms with van der Waals surface area (Å²) in [7, 11) is 0. The van der Waals surface area contributed by atoms with Crippen LogP contribution in [0.5, 0.6) is 0 Å². The number of hydrogen-bond acceptors (Lipinski definition) is 7. The van der Waals surface area contributed by atoms with Gasteiger partial charge in [0.1, 0.15) is 18.1 Å². The topological polar surface area (TPSA) is 214 Å². The minimum atomic E-state index is -1.48. The summed E-state index contributed by atoms with van der Waals surface area (Å²) in [4.78, 5) is 61.1. The molecule has 0 aliphatic heterocycles. The van der Waals surface area contributed by atoms with Crippen molar-refractivity contribution in [3.63, 3.8) is 0 Å². The van der Waals surface area contributed by atoms with Gasteiger partial charge in [-0.15, -0.1) is 0 Å². The number of primary amides is 1. The highest BCUT2D eigenvalue weighted by molar-refractivity contribution is 5.94. The number of carbonyl (C=O) groups is 5. The van der Waals surface area contributed by atoms with Crippen LogP contribution in [0.2, 0.25) is 0 Å². The van der Waals surface area contributed by atoms with Crippen LogP contribution in [-0.4, -0.2) is 70.1 Å². The Morgan fingerprint density at radius 1 is 0.917 bits per heavy atom. The Kier molecular flexibility index (Phi) is 12.5. The number of nitrogens with two attached hydrogens (primary N) is 2. The fourth-order valence-electron chi connectivity index (χ4n) is 3.35. The number of aliphatic hydroxyl groups excluding tert-OH is 1. The minimum absolute atomic E-state index is 0.0221. The molecule has 12 nitrogen and oxygen atoms in total. The zero-order valence-electron chi connectivity index (χ0n) is 20.8. The molecule has 6 atom stereocenters. The van der Waals surface area contributed by atoms with E-state index in [1.807, 2.05) is 0 Å². The third kappa shape index (κ3) is 10.0. The van der Waals surface area contributed by atoms with Gasteiger partial charge in [0.2, 0.25) is 23.6 Å². The van der Waals surface area contributed by atoms with E-state index < -0.39 is 65.8 Å². The van der Waals surface area contributed by atoms with E-state index in [0.29, 0.717) is 12.0 Å². The van der Waals surface area contributed by atoms with Gasteiger partial charge in [0.25, 0.3) is 0 Å². The summed E-state index contributed by atoms with van der Waals surface area (Å²) in [6, 6.07) is 3.76. The van der Waals surface area contributed by atoms with Gasteiger partial charge in [-0.1, -0.05) is 50.6 Å². The summed E-state index contributed by atoms with van der Waals surface area (Å²) in [5, 5.41) is 26.9. The SMILES string of the molecule is CCC(C)C(NC(=O)C(NC(=O)C(Cc1ccccc1)NC(=O)C(N)CCC(N)=O)C(C)O)C(=O)O. The Morgan fingerprint density at radius 2 is 1.50 bits per heavy atom. The number of aliphatic hydroxyl groups is 1. The van der Waals surface area contributed by atoms with Crippen molar-refractivity contribution in [2.24, 2.45) is 17.4 Å². The van der Waals surface area contributed by atoms with E-state index in [0.717, 1.165) is 0 Å². The summed E-state index contributed by atoms with van der Waals surface area (Å²) >= 11 is 0. The summed E-state index contributed by atoms with van der Waals surface area (Å²) in [5.41, 5.74) is 11.6. The van der Waals surface area contributed by atoms with E-state index in [1.54, 1.807) is 44.2 Å². The van der Waals surface area contributed by atoms with Crippen LogP contribution in [0.15, 0.2) is 30.3 Å². The molecule has 0 spiro atoms. The number of amides is 4. The maximum Gasteiger partial charge on any atom is 0.326 e. The molecule has 0 saturated heterocycles. The first-order chi connectivity index (χ1) is 16.9. The summed E-state index contributed by atoms with van der Waals surface area (Å²) in [6.07, 6.45) is -0.989. The van der Waals surface area contributed by atoms with Crippen LogP contribution in [0.25, 0.3) is 0 Å². The molecule has 1 rings (SSSR count). The standard InChI is InChI=1S/C24H37N5O7/c1-4-13(2)19(24(35)36)28-23(34)20(14(3)30)29-22(33)17(12-15-8-6-5-7-9-15)27-21(32)16(25)10-11-18(26)31/h5-9,13-14,16-17,19-20,30H,4,10-12,25H2,1-3H3,(H2,26,31)(H,27,32)(H,28,34)(H,29,33)(H,35,36). The summed E-state index contributed by atoms with van der Waals surface area (Å²) in [5.74, 6) is -4.64. The highest BCUT2D eigenvalue weighted by Crippen LogP contribution is 2.10. The first-order valence-corrected chi connectivity index (χ1v) is 11.8. The molecule has 0 bridgehead atoms. The van der Waals surface area contributed by atoms with Crippen molar-refractivity contribution in [2.45, 2.75) is 76.7 Å². The lowest BCUT2D eigenvalue weighted by atomic mass is 9.98. The molecule has 200 valence electrons. The third-order valence-corrected chi connectivity index (χ3v) is 5.79. The van der Waals surface area contributed by atoms with Crippen LogP contribution >= 0.6 is 0 Å². The van der Waals surface area contributed by atoms with Crippen LogP contribution in [0.4, 0.5) is 0 Å². The average Bonchev–Trinajstić information content (AvgIpc) is 2.83. The normalized spacial score (nSPS) is 15.9. The molecular formula is C24H37N5O7. The molecule has 1 aromatic carbocycles. The van der Waals surface area contributed by atoms with Gasteiger partial charge in [-0.3, -0.25) is 19.2 Å². The van der Waals surface area contributed by atoms with Gasteiger partial charge in [0, 0.05) is 12.8 Å². The molecule has 0 heterocycles. The van der Waals surface area contributed by atoms with Crippen LogP contribution < -0.4 is 27.4 Å². The first kappa shape index (κ1) is 30.5. The zero-order chi connectivity index (χ0) is 27.4. The van der Waals surface area contributed by atoms with Crippen LogP contribution in [0, 0.1) is 5.92 Å². The molecule has 6 unspecified atom stereocenters. The molecule has 0 saturated carbocycles. The highest BCUT2D eigenvalue weighted by atomic mass is 16.4. The van der Waals surface area contributed by atoms with Crippen molar-refractivity contribution in [2.75, 3.05) is 0 Å². The van der Waals surface area contributed by atoms with Crippen LogP contribution in [0.3, 0.4) is 0 Å². The second kappa shape index (κ2) is 14.8. The molecule has 0 fully saturated rings. The van der Waals surface area contributed by atoms with E-state index >= 15 is 0 Å². The molecule has 0 radical (unpaired) electrons. The molecule has 4 amide bonds. The quantitative estimate of drug-likeness (QED) is 0.152. The van der Waals surface area contributed by atoms with Gasteiger partial charge >= 0.3 is 5.97 Å². The molecule has 12 heteroatoms. The Balaban J connectivity index is 3.07. The molecule has 9 N–H and O–H groups in total. The van der Waals surface area contributed by atoms with E-state index in [4.69, 9.17) is 11.5 Å². The van der Waals surface area contributed by atoms with Crippen LogP contribution in [-0.2, 0) is 30.4 Å². The smallest absolute Gasteiger partial charge is 0.326 e. The van der Waals surface area contributed by atoms with E-state index in [2.05, 4.69) is 16.0 Å². The van der Waals surface area contributed by atoms with Gasteiger partial charge in [0.15, 0.2) is 0 Å². The number of aliphatic carboxylic acids is 1. The summed E-state index contributed by atoms with van der Waals surface area (Å²) in [6.45, 7) is 4.70. The minimum Gasteiger partial charge on any atom is -0.480 e. The number of carboxylic acids is 1. The molecular weight excluding hydrogens is 470 g/mol. The predicted octanol–water partition coefficient (Wildman–Crippen LogP) is -1.21. The molecule has 0 aliphatic carbocycles. The van der Waals surface area contributed by atoms with Gasteiger partial charge in [-0.2, -0.15) is 0 Å². The van der Waals surface area contributed by atoms with Crippen molar-refractivity contribution in [1.29, 1.82) is 0 Å². The Bertz CT molecular complexity index is 909. The van der Waals surface area contributed by atoms with Gasteiger partial charge in [0.05, 0.1) is 12.1 Å². The van der Waals surface area contributed by atoms with Crippen molar-refractivity contribution in [3.8, 4) is 0 Å². The van der Waals surface area contributed by atoms with E-state index in [1.165, 1.54) is 6.92 Å². The highest BCUT2D eigenvalue weighted by Gasteiger charge is 2.34. The Morgan fingerprint density at radius 3 is 2.00 bits per heavy atom. The number of carbonyl (C=O) groups excluding carboxylic acids is 4. The van der Waals surface area contributed by atoms with Crippen molar-refractivity contribution < 1.29 is 34.2 Å². The molecule has 0 aromatic heterocycles. The van der Waals surface area contributed by atoms with Crippen molar-refractivity contribution >= 4 is 29.6 Å². The molecule has 36 heavy (non-hydrogen) atoms. The fraction of sp³-hybridized carbons (Fsp3) is 0.542. The average molecular weight is 508 g/mol. The summed E-state index contributed by atoms with van der Waals surface area (Å²) < 4.78 is 0. The zero-order valence-corrected chi connectivity index (χ0v) is 20.8. The predicted molar refractivity (Wildman–Crippen MR) is 131 cm³/mol. The lowest BCUT2D eigenvalue weighted by molar-refractivity contribution is -0.144. The van der Waals surface area contributed by atoms with Gasteiger partial charge < -0.3 is 37.6 Å². The van der Waals surface area contributed by atoms with Gasteiger partial charge in [-0.25, -0.2) is 4.79 Å². The lowest BCUT2D eigenvalue weighted by Gasteiger charge is -2.27. The Hall–Kier alpha value is -3.51. The van der Waals surface area contributed by atoms with Gasteiger partial charge in [-0.05, 0) is 24.8 Å².